The van der Waals surface area contributed by atoms with Crippen molar-refractivity contribution in [2.24, 2.45) is 0 Å². The summed E-state index contributed by atoms with van der Waals surface area (Å²) in [6, 6.07) is 17.0. The van der Waals surface area contributed by atoms with Crippen LogP contribution >= 0.6 is 7.60 Å². The number of nitrogens with one attached hydrogen (secondary N) is 1. The number of aryl methyl sites for hydroxylation is 1. The van der Waals surface area contributed by atoms with Gasteiger partial charge in [-0.2, -0.15) is 8.42 Å². The van der Waals surface area contributed by atoms with Crippen LogP contribution in [0, 0.1) is 0 Å². The Hall–Kier alpha value is 3.21. The molecule has 0 spiro atoms. The Morgan fingerprint density at radius 1 is 0.929 bits per heavy atom. The van der Waals surface area contributed by atoms with Gasteiger partial charge in [-0.3, -0.25) is 9.12 Å². The van der Waals surface area contributed by atoms with E-state index >= 15 is 0 Å². The average molecular weight is 506 g/mol. The third kappa shape index (κ3) is 12.4. The van der Waals surface area contributed by atoms with E-state index in [-0.39, 0.29) is 167 Å². The van der Waals surface area contributed by atoms with E-state index in [4.69, 9.17) is 14.3 Å². The second-order valence-electron chi connectivity index (χ2n) is 5.64. The minimum atomic E-state index is -4.92. The Labute approximate surface area is 293 Å². The molecule has 7 nitrogen and oxygen atoms in total. The molecule has 2 aromatic carbocycles. The van der Waals surface area contributed by atoms with E-state index in [1.165, 1.54) is 0 Å². The van der Waals surface area contributed by atoms with Crippen molar-refractivity contribution in [1.82, 2.24) is 0 Å². The van der Waals surface area contributed by atoms with Crippen LogP contribution in [0.5, 0.6) is 0 Å². The van der Waals surface area contributed by atoms with Gasteiger partial charge in [0, 0.05) is 11.4 Å². The van der Waals surface area contributed by atoms with Gasteiger partial charge in [0.15, 0.2) is 4.99 Å². The van der Waals surface area contributed by atoms with Gasteiger partial charge >= 0.3 is 162 Å². The molecule has 12 heteroatoms. The van der Waals surface area contributed by atoms with Gasteiger partial charge < -0.3 is 15.1 Å². The molecule has 4 N–H and O–H groups in total. The molecule has 0 fully saturated rings. The summed E-state index contributed by atoms with van der Waals surface area (Å²) in [6.45, 7) is 0. The molecule has 2 aromatic rings. The first-order valence-corrected chi connectivity index (χ1v) is 10.8. The average Bonchev–Trinajstić information content (AvgIpc) is 2.50. The van der Waals surface area contributed by atoms with Gasteiger partial charge in [-0.1, -0.05) is 30.3 Å². The molecule has 28 heavy (non-hydrogen) atoms. The van der Waals surface area contributed by atoms with Gasteiger partial charge in [-0.15, -0.1) is 0 Å². The van der Waals surface area contributed by atoms with Crippen molar-refractivity contribution < 1.29 is 27.3 Å². The Balaban J connectivity index is 0. The fraction of sp³-hybridized carbons (Fsp3) is 0.250. The van der Waals surface area contributed by atoms with Crippen molar-refractivity contribution in [1.29, 1.82) is 0 Å². The first-order chi connectivity index (χ1) is 11.7. The first-order valence-electron chi connectivity index (χ1n) is 7.59. The van der Waals surface area contributed by atoms with Crippen LogP contribution in [0.25, 0.3) is 0 Å². The number of hydrogen-bond donors (Lipinski definition) is 4. The molecule has 142 valence electrons. The van der Waals surface area contributed by atoms with Crippen molar-refractivity contribution in [3.05, 3.63) is 60.2 Å². The molecule has 0 bridgehead atoms. The summed E-state index contributed by atoms with van der Waals surface area (Å²) in [5.74, 6) is 0. The molecule has 0 saturated carbocycles. The SMILES string of the molecule is O=P(O)(O)C(CCCc1cccc(Nc2ccccc2)c1)S(=O)(=O)O.[KH].[KH].[KH]. The fourth-order valence-corrected chi connectivity index (χ4v) is 4.84. The molecule has 0 radical (unpaired) electrons. The van der Waals surface area contributed by atoms with Crippen LogP contribution in [0.2, 0.25) is 0 Å². The third-order valence-electron chi connectivity index (χ3n) is 3.62. The summed E-state index contributed by atoms with van der Waals surface area (Å²) in [7, 11) is -9.73. The Bertz CT molecular complexity index is 864. The van der Waals surface area contributed by atoms with Gasteiger partial charge in [0.05, 0.1) is 0 Å². The van der Waals surface area contributed by atoms with Crippen molar-refractivity contribution >= 4 is 183 Å². The second-order valence-corrected chi connectivity index (χ2v) is 9.39. The van der Waals surface area contributed by atoms with Gasteiger partial charge in [0.1, 0.15) is 0 Å². The maximum atomic E-state index is 11.2. The van der Waals surface area contributed by atoms with E-state index in [0.29, 0.717) is 6.42 Å². The van der Waals surface area contributed by atoms with E-state index in [2.05, 4.69) is 5.32 Å². The number of benzene rings is 2. The van der Waals surface area contributed by atoms with Crippen molar-refractivity contribution in [3.8, 4) is 0 Å². The van der Waals surface area contributed by atoms with Crippen LogP contribution < -0.4 is 5.32 Å². The molecule has 0 amide bonds. The molecule has 0 saturated heterocycles. The standard InChI is InChI=1S/C16H20NO6PS.3K.3H/c18-24(19,20)16(25(21,22)23)11-5-7-13-6-4-10-15(12-13)17-14-8-2-1-3-9-14;;;;;;/h1-4,6,8-10,12,16-17H,5,7,11H2,(H2,18,19,20)(H,21,22,23);;;;;;. The molecule has 2 rings (SSSR count). The zero-order valence-electron chi connectivity index (χ0n) is 13.3. The van der Waals surface area contributed by atoms with Gasteiger partial charge in [-0.25, -0.2) is 0 Å². The molecule has 1 atom stereocenters. The number of anilines is 2. The molecule has 0 aliphatic heterocycles. The molecule has 0 aliphatic rings. The van der Waals surface area contributed by atoms with Crippen molar-refractivity contribution in [3.63, 3.8) is 0 Å². The first kappa shape index (κ1) is 33.4. The molecular weight excluding hydrogens is 483 g/mol. The summed E-state index contributed by atoms with van der Waals surface area (Å²) < 4.78 is 42.5. The monoisotopic (exact) mass is 505 g/mol. The van der Waals surface area contributed by atoms with Gasteiger partial charge in [-0.05, 0) is 49.1 Å². The number of rotatable bonds is 8. The third-order valence-corrected chi connectivity index (χ3v) is 7.18. The summed E-state index contributed by atoms with van der Waals surface area (Å²) in [4.78, 5) is 16.1. The van der Waals surface area contributed by atoms with E-state index < -0.39 is 22.7 Å². The zero-order valence-corrected chi connectivity index (χ0v) is 15.0. The Morgan fingerprint density at radius 2 is 1.50 bits per heavy atom. The second kappa shape index (κ2) is 15.9. The predicted octanol–water partition coefficient (Wildman–Crippen LogP) is 1.20. The summed E-state index contributed by atoms with van der Waals surface area (Å²) in [5, 5.41) is 3.23. The van der Waals surface area contributed by atoms with Gasteiger partial charge in [0.25, 0.3) is 10.1 Å². The van der Waals surface area contributed by atoms with Crippen LogP contribution in [-0.2, 0) is 21.1 Å². The van der Waals surface area contributed by atoms with Crippen molar-refractivity contribution in [2.75, 3.05) is 5.32 Å². The van der Waals surface area contributed by atoms with E-state index in [1.807, 2.05) is 54.6 Å². The quantitative estimate of drug-likeness (QED) is 0.241. The summed E-state index contributed by atoms with van der Waals surface area (Å²) in [5.41, 5.74) is 2.67. The number of para-hydroxylation sites is 1. The Kier molecular flexibility index (Phi) is 19.0. The summed E-state index contributed by atoms with van der Waals surface area (Å²) in [6.07, 6.45) is 0.320. The fourth-order valence-electron chi connectivity index (χ4n) is 2.46. The molecular formula is C16H23K3NO6PS. The normalized spacial score (nSPS) is 12.0. The minimum absolute atomic E-state index is 0. The van der Waals surface area contributed by atoms with E-state index in [9.17, 15) is 13.0 Å². The molecule has 0 heterocycles. The predicted molar refractivity (Wildman–Crippen MR) is 118 cm³/mol. The molecule has 0 aliphatic carbocycles. The topological polar surface area (TPSA) is 124 Å². The molecule has 0 aromatic heterocycles. The maximum absolute atomic E-state index is 11.2. The van der Waals surface area contributed by atoms with Gasteiger partial charge in [0.2, 0.25) is 0 Å². The van der Waals surface area contributed by atoms with Crippen LogP contribution in [-0.4, -0.2) is 182 Å². The zero-order chi connectivity index (χ0) is 18.5. The van der Waals surface area contributed by atoms with Crippen LogP contribution in [0.15, 0.2) is 54.6 Å². The summed E-state index contributed by atoms with van der Waals surface area (Å²) >= 11 is 0. The van der Waals surface area contributed by atoms with E-state index in [1.54, 1.807) is 0 Å². The Morgan fingerprint density at radius 3 is 2.04 bits per heavy atom. The van der Waals surface area contributed by atoms with Crippen LogP contribution in [0.1, 0.15) is 18.4 Å². The van der Waals surface area contributed by atoms with Crippen LogP contribution in [0.3, 0.4) is 0 Å². The molecule has 1 unspecified atom stereocenters. The van der Waals surface area contributed by atoms with E-state index in [0.717, 1.165) is 16.9 Å². The number of hydrogen-bond acceptors (Lipinski definition) is 4. The van der Waals surface area contributed by atoms with Crippen LogP contribution in [0.4, 0.5) is 11.4 Å². The van der Waals surface area contributed by atoms with Crippen molar-refractivity contribution in [2.45, 2.75) is 24.3 Å².